The van der Waals surface area contributed by atoms with Gasteiger partial charge in [-0.1, -0.05) is 43.2 Å². The van der Waals surface area contributed by atoms with E-state index in [9.17, 15) is 0 Å². The lowest BCUT2D eigenvalue weighted by Gasteiger charge is -2.49. The predicted molar refractivity (Wildman–Crippen MR) is 87.2 cm³/mol. The number of rotatable bonds is 5. The number of benzene rings is 1. The molecule has 1 N–H and O–H groups in total. The molecule has 114 valence electrons. The van der Waals surface area contributed by atoms with E-state index in [-0.39, 0.29) is 5.54 Å². The highest BCUT2D eigenvalue weighted by Crippen LogP contribution is 2.40. The second-order valence-corrected chi connectivity index (χ2v) is 7.64. The fourth-order valence-corrected chi connectivity index (χ4v) is 3.92. The summed E-state index contributed by atoms with van der Waals surface area (Å²) in [7, 11) is 0. The van der Waals surface area contributed by atoms with E-state index in [1.807, 2.05) is 0 Å². The van der Waals surface area contributed by atoms with Gasteiger partial charge in [0.25, 0.3) is 0 Å². The smallest absolute Gasteiger partial charge is 0.0558 e. The van der Waals surface area contributed by atoms with E-state index in [1.165, 1.54) is 50.8 Å². The molecule has 2 heteroatoms. The van der Waals surface area contributed by atoms with Crippen molar-refractivity contribution in [2.24, 2.45) is 11.8 Å². The second-order valence-electron chi connectivity index (χ2n) is 7.64. The topological polar surface area (TPSA) is 15.3 Å². The first-order chi connectivity index (χ1) is 10.3. The van der Waals surface area contributed by atoms with Crippen LogP contribution in [0.2, 0.25) is 0 Å². The first-order valence-corrected chi connectivity index (χ1v) is 8.80. The minimum Gasteiger partial charge on any atom is -0.310 e. The number of nitrogens with zero attached hydrogens (tertiary/aromatic N) is 1. The molecule has 1 heterocycles. The molecule has 2 nitrogen and oxygen atoms in total. The molecule has 4 rings (SSSR count). The quantitative estimate of drug-likeness (QED) is 0.891. The first-order valence-electron chi connectivity index (χ1n) is 8.80. The van der Waals surface area contributed by atoms with Crippen LogP contribution in [0.4, 0.5) is 0 Å². The molecule has 0 bridgehead atoms. The van der Waals surface area contributed by atoms with Crippen LogP contribution in [0.5, 0.6) is 0 Å². The summed E-state index contributed by atoms with van der Waals surface area (Å²) in [6, 6.07) is 11.9. The van der Waals surface area contributed by atoms with Gasteiger partial charge in [0.05, 0.1) is 5.54 Å². The van der Waals surface area contributed by atoms with Gasteiger partial charge in [-0.05, 0) is 50.1 Å². The highest BCUT2D eigenvalue weighted by Gasteiger charge is 2.43. The van der Waals surface area contributed by atoms with Crippen LogP contribution >= 0.6 is 0 Å². The van der Waals surface area contributed by atoms with Gasteiger partial charge in [-0.3, -0.25) is 4.90 Å². The molecule has 0 amide bonds. The van der Waals surface area contributed by atoms with Crippen LogP contribution in [0, 0.1) is 11.8 Å². The van der Waals surface area contributed by atoms with Crippen molar-refractivity contribution in [1.82, 2.24) is 10.2 Å². The molecule has 1 aromatic carbocycles. The Morgan fingerprint density at radius 1 is 1.14 bits per heavy atom. The zero-order valence-corrected chi connectivity index (χ0v) is 13.2. The van der Waals surface area contributed by atoms with Gasteiger partial charge in [-0.25, -0.2) is 0 Å². The molecule has 21 heavy (non-hydrogen) atoms. The summed E-state index contributed by atoms with van der Waals surface area (Å²) >= 11 is 0. The highest BCUT2D eigenvalue weighted by atomic mass is 15.3. The molecule has 0 radical (unpaired) electrons. The summed E-state index contributed by atoms with van der Waals surface area (Å²) in [5, 5.41) is 3.86. The van der Waals surface area contributed by atoms with E-state index in [4.69, 9.17) is 0 Å². The largest absolute Gasteiger partial charge is 0.310 e. The molecular formula is C19H28N2. The maximum atomic E-state index is 3.86. The first kappa shape index (κ1) is 13.8. The highest BCUT2D eigenvalue weighted by molar-refractivity contribution is 5.25. The number of hydrogen-bond acceptors (Lipinski definition) is 2. The average molecular weight is 284 g/mol. The minimum atomic E-state index is 0.168. The predicted octanol–water partition coefficient (Wildman–Crippen LogP) is 3.39. The van der Waals surface area contributed by atoms with Crippen LogP contribution in [0.25, 0.3) is 0 Å². The molecule has 3 fully saturated rings. The van der Waals surface area contributed by atoms with Crippen molar-refractivity contribution in [3.63, 3.8) is 0 Å². The molecule has 0 aromatic heterocycles. The van der Waals surface area contributed by atoms with Gasteiger partial charge in [-0.15, -0.1) is 0 Å². The lowest BCUT2D eigenvalue weighted by atomic mass is 9.86. The van der Waals surface area contributed by atoms with Crippen molar-refractivity contribution in [2.45, 2.75) is 50.6 Å². The number of hydrogen-bond donors (Lipinski definition) is 1. The van der Waals surface area contributed by atoms with Crippen LogP contribution in [0.3, 0.4) is 0 Å². The minimum absolute atomic E-state index is 0.168. The summed E-state index contributed by atoms with van der Waals surface area (Å²) in [5.41, 5.74) is 1.64. The maximum absolute atomic E-state index is 3.86. The zero-order chi connectivity index (χ0) is 14.3. The molecule has 0 spiro atoms. The van der Waals surface area contributed by atoms with Crippen molar-refractivity contribution < 1.29 is 0 Å². The molecular weight excluding hydrogens is 256 g/mol. The molecule has 1 aromatic rings. The Bertz CT molecular complexity index is 478. The molecule has 1 saturated heterocycles. The number of piperazine rings is 1. The fourth-order valence-electron chi connectivity index (χ4n) is 3.92. The van der Waals surface area contributed by atoms with Gasteiger partial charge in [0.1, 0.15) is 0 Å². The van der Waals surface area contributed by atoms with Crippen LogP contribution in [0.1, 0.15) is 44.6 Å². The zero-order valence-electron chi connectivity index (χ0n) is 13.2. The van der Waals surface area contributed by atoms with Gasteiger partial charge in [-0.2, -0.15) is 0 Å². The Morgan fingerprint density at radius 2 is 1.90 bits per heavy atom. The Hall–Kier alpha value is -0.860. The van der Waals surface area contributed by atoms with Gasteiger partial charge in [0.15, 0.2) is 0 Å². The van der Waals surface area contributed by atoms with Crippen molar-refractivity contribution in [1.29, 1.82) is 0 Å². The molecule has 2 saturated carbocycles. The van der Waals surface area contributed by atoms with Gasteiger partial charge >= 0.3 is 0 Å². The Balaban J connectivity index is 1.53. The maximum Gasteiger partial charge on any atom is 0.0558 e. The summed E-state index contributed by atoms with van der Waals surface area (Å²) in [5.74, 6) is 1.98. The molecule has 2 atom stereocenters. The molecule has 2 unspecified atom stereocenters. The Morgan fingerprint density at radius 3 is 2.57 bits per heavy atom. The van der Waals surface area contributed by atoms with Crippen molar-refractivity contribution in [3.05, 3.63) is 35.9 Å². The SMILES string of the molecule is CC1(c2ccccc2)CNC(C2CC2)CN1CCC1CC1. The molecule has 2 aliphatic carbocycles. The Kier molecular flexibility index (Phi) is 3.55. The third kappa shape index (κ3) is 2.89. The molecule has 1 aliphatic heterocycles. The van der Waals surface area contributed by atoms with E-state index < -0.39 is 0 Å². The summed E-state index contributed by atoms with van der Waals surface area (Å²) in [6.07, 6.45) is 7.23. The van der Waals surface area contributed by atoms with Crippen LogP contribution < -0.4 is 5.32 Å². The van der Waals surface area contributed by atoms with Crippen molar-refractivity contribution in [2.75, 3.05) is 19.6 Å². The van der Waals surface area contributed by atoms with E-state index >= 15 is 0 Å². The second kappa shape index (κ2) is 5.40. The lowest BCUT2D eigenvalue weighted by molar-refractivity contribution is 0.0423. The van der Waals surface area contributed by atoms with E-state index in [1.54, 1.807) is 0 Å². The third-order valence-corrected chi connectivity index (χ3v) is 5.91. The monoisotopic (exact) mass is 284 g/mol. The normalized spacial score (nSPS) is 34.0. The van der Waals surface area contributed by atoms with E-state index in [2.05, 4.69) is 47.5 Å². The van der Waals surface area contributed by atoms with Crippen LogP contribution in [-0.2, 0) is 5.54 Å². The van der Waals surface area contributed by atoms with Crippen LogP contribution in [-0.4, -0.2) is 30.6 Å². The average Bonchev–Trinajstić information content (AvgIpc) is 3.40. The van der Waals surface area contributed by atoms with Gasteiger partial charge in [0.2, 0.25) is 0 Å². The number of nitrogens with one attached hydrogen (secondary N) is 1. The summed E-state index contributed by atoms with van der Waals surface area (Å²) < 4.78 is 0. The van der Waals surface area contributed by atoms with Gasteiger partial charge in [0, 0.05) is 19.1 Å². The third-order valence-electron chi connectivity index (χ3n) is 5.91. The standard InChI is InChI=1S/C19H28N2/c1-19(17-5-3-2-4-6-17)14-20-18(16-9-10-16)13-21(19)12-11-15-7-8-15/h2-6,15-16,18,20H,7-14H2,1H3. The lowest BCUT2D eigenvalue weighted by Crippen LogP contribution is -2.62. The van der Waals surface area contributed by atoms with E-state index in [0.29, 0.717) is 0 Å². The summed E-state index contributed by atoms with van der Waals surface area (Å²) in [6.45, 7) is 6.05. The Labute approximate surface area is 128 Å². The van der Waals surface area contributed by atoms with Crippen molar-refractivity contribution >= 4 is 0 Å². The van der Waals surface area contributed by atoms with E-state index in [0.717, 1.165) is 24.4 Å². The summed E-state index contributed by atoms with van der Waals surface area (Å²) in [4.78, 5) is 2.79. The molecule has 3 aliphatic rings. The van der Waals surface area contributed by atoms with Crippen molar-refractivity contribution in [3.8, 4) is 0 Å². The fraction of sp³-hybridized carbons (Fsp3) is 0.684. The van der Waals surface area contributed by atoms with Gasteiger partial charge < -0.3 is 5.32 Å². The van der Waals surface area contributed by atoms with Crippen LogP contribution in [0.15, 0.2) is 30.3 Å².